The maximum absolute atomic E-state index is 8.89. The second kappa shape index (κ2) is 4.14. The Balaban J connectivity index is 2.59. The summed E-state index contributed by atoms with van der Waals surface area (Å²) in [6.07, 6.45) is 12.3. The fourth-order valence-corrected chi connectivity index (χ4v) is 1.08. The zero-order valence-electron chi connectivity index (χ0n) is 6.77. The third-order valence-corrected chi connectivity index (χ3v) is 1.95. The first-order chi connectivity index (χ1) is 5.34. The first kappa shape index (κ1) is 8.28. The molecule has 0 aromatic heterocycles. The van der Waals surface area contributed by atoms with E-state index in [1.807, 2.05) is 31.2 Å². The molecule has 0 heterocycles. The van der Waals surface area contributed by atoms with Crippen molar-refractivity contribution in [2.45, 2.75) is 6.92 Å². The average Bonchev–Trinajstić information content (AvgIpc) is 2.30. The van der Waals surface area contributed by atoms with Crippen LogP contribution in [0.25, 0.3) is 0 Å². The molecule has 1 atom stereocenters. The summed E-state index contributed by atoms with van der Waals surface area (Å²) in [5.41, 5.74) is 0. The number of rotatable bonds is 2. The molecule has 0 saturated heterocycles. The van der Waals surface area contributed by atoms with Gasteiger partial charge in [0.1, 0.15) is 0 Å². The Kier molecular flexibility index (Phi) is 3.12. The Hall–Kier alpha value is -0.820. The van der Waals surface area contributed by atoms with E-state index >= 15 is 0 Å². The molecule has 0 aromatic rings. The first-order valence-corrected chi connectivity index (χ1v) is 3.97. The van der Waals surface area contributed by atoms with Gasteiger partial charge in [-0.25, -0.2) is 0 Å². The van der Waals surface area contributed by atoms with Crippen LogP contribution >= 0.6 is 0 Å². The Morgan fingerprint density at radius 1 is 1.18 bits per heavy atom. The topological polar surface area (TPSA) is 20.2 Å². The number of hydrogen-bond donors (Lipinski definition) is 1. The molecule has 0 saturated carbocycles. The normalized spacial score (nSPS) is 20.2. The number of hydrogen-bond acceptors (Lipinski definition) is 1. The van der Waals surface area contributed by atoms with Gasteiger partial charge in [0.05, 0.1) is 0 Å². The lowest BCUT2D eigenvalue weighted by Gasteiger charge is -2.13. The molecule has 0 amide bonds. The zero-order valence-corrected chi connectivity index (χ0v) is 6.77. The van der Waals surface area contributed by atoms with Crippen molar-refractivity contribution in [3.05, 3.63) is 36.5 Å². The van der Waals surface area contributed by atoms with Gasteiger partial charge in [0.25, 0.3) is 0 Å². The van der Waals surface area contributed by atoms with E-state index in [4.69, 9.17) is 5.11 Å². The van der Waals surface area contributed by atoms with Gasteiger partial charge in [0.15, 0.2) is 0 Å². The van der Waals surface area contributed by atoms with E-state index in [-0.39, 0.29) is 6.61 Å². The van der Waals surface area contributed by atoms with E-state index < -0.39 is 0 Å². The van der Waals surface area contributed by atoms with E-state index in [9.17, 15) is 0 Å². The van der Waals surface area contributed by atoms with Crippen molar-refractivity contribution in [2.24, 2.45) is 11.8 Å². The molecule has 0 aromatic carbocycles. The maximum atomic E-state index is 8.89. The van der Waals surface area contributed by atoms with Crippen LogP contribution in [0, 0.1) is 11.8 Å². The molecule has 0 radical (unpaired) electrons. The van der Waals surface area contributed by atoms with E-state index in [0.29, 0.717) is 11.8 Å². The summed E-state index contributed by atoms with van der Waals surface area (Å²) in [6, 6.07) is 0. The van der Waals surface area contributed by atoms with Crippen LogP contribution in [0.4, 0.5) is 0 Å². The lowest BCUT2D eigenvalue weighted by Crippen LogP contribution is -2.10. The Bertz CT molecular complexity index is 173. The molecule has 0 bridgehead atoms. The Morgan fingerprint density at radius 2 is 1.73 bits per heavy atom. The standard InChI is InChI=1S/C10H14O/c1-9(8-11)10-6-4-2-3-5-7-10/h2-7,9-11H,8H2,1H3/t9-/m0/s1. The first-order valence-electron chi connectivity index (χ1n) is 3.97. The van der Waals surface area contributed by atoms with Crippen LogP contribution in [0.2, 0.25) is 0 Å². The van der Waals surface area contributed by atoms with Crippen LogP contribution in [0.5, 0.6) is 0 Å². The van der Waals surface area contributed by atoms with Crippen molar-refractivity contribution in [3.8, 4) is 0 Å². The predicted molar refractivity (Wildman–Crippen MR) is 47.2 cm³/mol. The molecule has 1 nitrogen and oxygen atoms in total. The number of aliphatic hydroxyl groups excluding tert-OH is 1. The van der Waals surface area contributed by atoms with Crippen LogP contribution in [0.1, 0.15) is 6.92 Å². The average molecular weight is 150 g/mol. The predicted octanol–water partition coefficient (Wildman–Crippen LogP) is 1.91. The van der Waals surface area contributed by atoms with Gasteiger partial charge in [-0.05, 0) is 5.92 Å². The van der Waals surface area contributed by atoms with E-state index in [2.05, 4.69) is 12.2 Å². The van der Waals surface area contributed by atoms with Crippen molar-refractivity contribution >= 4 is 0 Å². The summed E-state index contributed by atoms with van der Waals surface area (Å²) >= 11 is 0. The van der Waals surface area contributed by atoms with E-state index in [0.717, 1.165) is 0 Å². The van der Waals surface area contributed by atoms with Crippen LogP contribution in [0.15, 0.2) is 36.5 Å². The van der Waals surface area contributed by atoms with Crippen molar-refractivity contribution in [2.75, 3.05) is 6.61 Å². The third kappa shape index (κ3) is 2.35. The summed E-state index contributed by atoms with van der Waals surface area (Å²) in [4.78, 5) is 0. The van der Waals surface area contributed by atoms with Crippen LogP contribution in [0.3, 0.4) is 0 Å². The van der Waals surface area contributed by atoms with Gasteiger partial charge in [0, 0.05) is 12.5 Å². The molecule has 0 aliphatic heterocycles. The Labute approximate surface area is 67.7 Å². The smallest absolute Gasteiger partial charge is 0.0465 e. The minimum Gasteiger partial charge on any atom is -0.396 e. The van der Waals surface area contributed by atoms with Gasteiger partial charge in [-0.15, -0.1) is 0 Å². The van der Waals surface area contributed by atoms with Crippen molar-refractivity contribution in [1.29, 1.82) is 0 Å². The van der Waals surface area contributed by atoms with Gasteiger partial charge < -0.3 is 5.11 Å². The molecular formula is C10H14O. The molecule has 60 valence electrons. The summed E-state index contributed by atoms with van der Waals surface area (Å²) < 4.78 is 0. The van der Waals surface area contributed by atoms with Crippen molar-refractivity contribution < 1.29 is 5.11 Å². The van der Waals surface area contributed by atoms with Gasteiger partial charge in [-0.3, -0.25) is 0 Å². The third-order valence-electron chi connectivity index (χ3n) is 1.95. The maximum Gasteiger partial charge on any atom is 0.0465 e. The molecular weight excluding hydrogens is 136 g/mol. The highest BCUT2D eigenvalue weighted by molar-refractivity contribution is 5.19. The fraction of sp³-hybridized carbons (Fsp3) is 0.400. The van der Waals surface area contributed by atoms with Gasteiger partial charge in [-0.2, -0.15) is 0 Å². The molecule has 1 aliphatic rings. The molecule has 0 unspecified atom stereocenters. The quantitative estimate of drug-likeness (QED) is 0.637. The molecule has 0 spiro atoms. The second-order valence-corrected chi connectivity index (χ2v) is 2.89. The van der Waals surface area contributed by atoms with E-state index in [1.54, 1.807) is 0 Å². The van der Waals surface area contributed by atoms with Crippen molar-refractivity contribution in [3.63, 3.8) is 0 Å². The van der Waals surface area contributed by atoms with Crippen LogP contribution < -0.4 is 0 Å². The Morgan fingerprint density at radius 3 is 2.18 bits per heavy atom. The minimum absolute atomic E-state index is 0.249. The van der Waals surface area contributed by atoms with Gasteiger partial charge in [-0.1, -0.05) is 43.4 Å². The summed E-state index contributed by atoms with van der Waals surface area (Å²) in [7, 11) is 0. The second-order valence-electron chi connectivity index (χ2n) is 2.89. The molecule has 1 heteroatoms. The SMILES string of the molecule is C[C@@H](CO)C1C=CC=CC=C1. The van der Waals surface area contributed by atoms with Crippen LogP contribution in [-0.4, -0.2) is 11.7 Å². The molecule has 1 rings (SSSR count). The molecule has 11 heavy (non-hydrogen) atoms. The fourth-order valence-electron chi connectivity index (χ4n) is 1.08. The number of aliphatic hydroxyl groups is 1. The summed E-state index contributed by atoms with van der Waals surface area (Å²) in [5, 5.41) is 8.89. The van der Waals surface area contributed by atoms with Crippen molar-refractivity contribution in [1.82, 2.24) is 0 Å². The highest BCUT2D eigenvalue weighted by Crippen LogP contribution is 2.15. The lowest BCUT2D eigenvalue weighted by molar-refractivity contribution is 0.220. The monoisotopic (exact) mass is 150 g/mol. The highest BCUT2D eigenvalue weighted by atomic mass is 16.3. The molecule has 1 N–H and O–H groups in total. The van der Waals surface area contributed by atoms with E-state index in [1.165, 1.54) is 0 Å². The molecule has 0 fully saturated rings. The summed E-state index contributed by atoms with van der Waals surface area (Å²) in [5.74, 6) is 0.706. The minimum atomic E-state index is 0.249. The highest BCUT2D eigenvalue weighted by Gasteiger charge is 2.09. The van der Waals surface area contributed by atoms with Gasteiger partial charge in [0.2, 0.25) is 0 Å². The lowest BCUT2D eigenvalue weighted by atomic mass is 9.94. The number of allylic oxidation sites excluding steroid dienone is 6. The van der Waals surface area contributed by atoms with Crippen LogP contribution in [-0.2, 0) is 0 Å². The van der Waals surface area contributed by atoms with Gasteiger partial charge >= 0.3 is 0 Å². The zero-order chi connectivity index (χ0) is 8.10. The largest absolute Gasteiger partial charge is 0.396 e. The molecule has 1 aliphatic carbocycles. The summed E-state index contributed by atoms with van der Waals surface area (Å²) in [6.45, 7) is 2.30.